The summed E-state index contributed by atoms with van der Waals surface area (Å²) in [4.78, 5) is 0. The molecule has 10 aromatic rings. The largest absolute Gasteiger partial charge is 0.309 e. The summed E-state index contributed by atoms with van der Waals surface area (Å²) in [7, 11) is 0. The van der Waals surface area contributed by atoms with Crippen LogP contribution in [-0.2, 0) is 0 Å². The Morgan fingerprint density at radius 3 is 1.81 bits per heavy atom. The Labute approximate surface area is 276 Å². The van der Waals surface area contributed by atoms with Gasteiger partial charge in [0.2, 0.25) is 0 Å². The predicted octanol–water partition coefficient (Wildman–Crippen LogP) is 11.7. The van der Waals surface area contributed by atoms with Gasteiger partial charge in [-0.05, 0) is 81.7 Å². The van der Waals surface area contributed by atoms with Crippen molar-refractivity contribution in [1.82, 2.24) is 9.13 Å². The van der Waals surface area contributed by atoms with E-state index in [1.165, 1.54) is 43.7 Å². The van der Waals surface area contributed by atoms with Crippen LogP contribution >= 0.6 is 0 Å². The summed E-state index contributed by atoms with van der Waals surface area (Å²) in [6, 6.07) is 60.9. The van der Waals surface area contributed by atoms with Crippen LogP contribution in [0.3, 0.4) is 0 Å². The Balaban J connectivity index is 1.30. The third-order valence-corrected chi connectivity index (χ3v) is 9.91. The minimum absolute atomic E-state index is 0.670. The molecular weight excluding hydrogens is 583 g/mol. The first-order chi connectivity index (χ1) is 23.8. The Bertz CT molecular complexity index is 2950. The van der Waals surface area contributed by atoms with E-state index in [1.807, 2.05) is 18.2 Å². The molecule has 0 fully saturated rings. The Hall–Kier alpha value is -6.63. The van der Waals surface area contributed by atoms with E-state index in [2.05, 4.69) is 161 Å². The van der Waals surface area contributed by atoms with Gasteiger partial charge in [0.05, 0.1) is 33.7 Å². The monoisotopic (exact) mass is 609 g/mol. The first-order valence-electron chi connectivity index (χ1n) is 16.3. The van der Waals surface area contributed by atoms with Gasteiger partial charge in [0, 0.05) is 38.5 Å². The molecule has 0 aliphatic carbocycles. The van der Waals surface area contributed by atoms with Crippen LogP contribution in [0.25, 0.3) is 87.7 Å². The minimum Gasteiger partial charge on any atom is -0.309 e. The lowest BCUT2D eigenvalue weighted by Gasteiger charge is -2.13. The molecule has 3 heteroatoms. The van der Waals surface area contributed by atoms with E-state index in [9.17, 15) is 5.26 Å². The Kier molecular flexibility index (Phi) is 5.64. The SMILES string of the molecule is N#Cc1ccc2ccc3ccc(-n4c5ccccc5c5c(-c6cccc7c8ccccc8n(-c8ccccc8)c67)cccc54)cc3c2c1. The first-order valence-corrected chi connectivity index (χ1v) is 16.3. The van der Waals surface area contributed by atoms with Crippen molar-refractivity contribution in [3.05, 3.63) is 169 Å². The summed E-state index contributed by atoms with van der Waals surface area (Å²) < 4.78 is 4.81. The maximum atomic E-state index is 9.66. The molecule has 0 spiro atoms. The van der Waals surface area contributed by atoms with Crippen molar-refractivity contribution in [1.29, 1.82) is 5.26 Å². The number of benzene rings is 8. The maximum absolute atomic E-state index is 9.66. The molecule has 48 heavy (non-hydrogen) atoms. The van der Waals surface area contributed by atoms with E-state index in [4.69, 9.17) is 0 Å². The number of para-hydroxylation sites is 4. The third-order valence-electron chi connectivity index (χ3n) is 9.91. The molecule has 0 amide bonds. The summed E-state index contributed by atoms with van der Waals surface area (Å²) >= 11 is 0. The topological polar surface area (TPSA) is 33.6 Å². The summed E-state index contributed by atoms with van der Waals surface area (Å²) in [5.74, 6) is 0. The molecule has 3 nitrogen and oxygen atoms in total. The molecule has 0 saturated heterocycles. The second-order valence-electron chi connectivity index (χ2n) is 12.5. The fraction of sp³-hybridized carbons (Fsp3) is 0. The van der Waals surface area contributed by atoms with E-state index >= 15 is 0 Å². The maximum Gasteiger partial charge on any atom is 0.0991 e. The number of rotatable bonds is 3. The van der Waals surface area contributed by atoms with Gasteiger partial charge in [-0.3, -0.25) is 0 Å². The molecule has 8 aromatic carbocycles. The zero-order valence-corrected chi connectivity index (χ0v) is 25.9. The molecule has 222 valence electrons. The van der Waals surface area contributed by atoms with Crippen LogP contribution in [-0.4, -0.2) is 9.13 Å². The second kappa shape index (κ2) is 10.2. The quantitative estimate of drug-likeness (QED) is 0.183. The van der Waals surface area contributed by atoms with Gasteiger partial charge in [-0.25, -0.2) is 0 Å². The number of aromatic nitrogens is 2. The van der Waals surface area contributed by atoms with Gasteiger partial charge in [-0.1, -0.05) is 109 Å². The summed E-state index contributed by atoms with van der Waals surface area (Å²) in [6.07, 6.45) is 0. The van der Waals surface area contributed by atoms with E-state index < -0.39 is 0 Å². The zero-order chi connectivity index (χ0) is 31.8. The number of nitrogens with zero attached hydrogens (tertiary/aromatic N) is 3. The summed E-state index contributed by atoms with van der Waals surface area (Å²) in [6.45, 7) is 0. The molecule has 0 unspecified atom stereocenters. The number of hydrogen-bond donors (Lipinski definition) is 0. The smallest absolute Gasteiger partial charge is 0.0991 e. The predicted molar refractivity (Wildman–Crippen MR) is 200 cm³/mol. The van der Waals surface area contributed by atoms with Crippen molar-refractivity contribution in [2.24, 2.45) is 0 Å². The van der Waals surface area contributed by atoms with Gasteiger partial charge in [-0.2, -0.15) is 5.26 Å². The van der Waals surface area contributed by atoms with Crippen molar-refractivity contribution in [2.45, 2.75) is 0 Å². The van der Waals surface area contributed by atoms with E-state index in [1.54, 1.807) is 0 Å². The average Bonchev–Trinajstić information content (AvgIpc) is 3.68. The van der Waals surface area contributed by atoms with Gasteiger partial charge in [-0.15, -0.1) is 0 Å². The third kappa shape index (κ3) is 3.75. The van der Waals surface area contributed by atoms with Gasteiger partial charge in [0.25, 0.3) is 0 Å². The van der Waals surface area contributed by atoms with Crippen LogP contribution in [0.2, 0.25) is 0 Å². The normalized spacial score (nSPS) is 11.7. The first kappa shape index (κ1) is 26.6. The number of nitriles is 1. The highest BCUT2D eigenvalue weighted by molar-refractivity contribution is 6.21. The van der Waals surface area contributed by atoms with Crippen molar-refractivity contribution < 1.29 is 0 Å². The van der Waals surface area contributed by atoms with Crippen molar-refractivity contribution in [2.75, 3.05) is 0 Å². The lowest BCUT2D eigenvalue weighted by atomic mass is 9.97. The van der Waals surface area contributed by atoms with E-state index in [-0.39, 0.29) is 0 Å². The molecule has 2 heterocycles. The molecule has 0 saturated carbocycles. The second-order valence-corrected chi connectivity index (χ2v) is 12.5. The number of fused-ring (bicyclic) bond motifs is 9. The van der Waals surface area contributed by atoms with Gasteiger partial charge in [0.1, 0.15) is 0 Å². The molecule has 10 rings (SSSR count). The molecule has 0 bridgehead atoms. The van der Waals surface area contributed by atoms with E-state index in [0.717, 1.165) is 44.0 Å². The van der Waals surface area contributed by atoms with Crippen LogP contribution in [0.15, 0.2) is 164 Å². The lowest BCUT2D eigenvalue weighted by Crippen LogP contribution is -1.96. The highest BCUT2D eigenvalue weighted by Gasteiger charge is 2.21. The highest BCUT2D eigenvalue weighted by atomic mass is 15.0. The van der Waals surface area contributed by atoms with Gasteiger partial charge in [0.15, 0.2) is 0 Å². The zero-order valence-electron chi connectivity index (χ0n) is 25.9. The number of hydrogen-bond acceptors (Lipinski definition) is 1. The summed E-state index contributed by atoms with van der Waals surface area (Å²) in [5.41, 5.74) is 10.0. The van der Waals surface area contributed by atoms with Gasteiger partial charge >= 0.3 is 0 Å². The van der Waals surface area contributed by atoms with Crippen molar-refractivity contribution in [3.63, 3.8) is 0 Å². The van der Waals surface area contributed by atoms with Crippen LogP contribution in [0.1, 0.15) is 5.56 Å². The fourth-order valence-electron chi connectivity index (χ4n) is 7.85. The molecule has 0 aliphatic rings. The fourth-order valence-corrected chi connectivity index (χ4v) is 7.85. The van der Waals surface area contributed by atoms with Crippen molar-refractivity contribution in [3.8, 4) is 28.6 Å². The van der Waals surface area contributed by atoms with E-state index in [0.29, 0.717) is 5.56 Å². The Morgan fingerprint density at radius 1 is 0.396 bits per heavy atom. The van der Waals surface area contributed by atoms with Crippen LogP contribution < -0.4 is 0 Å². The van der Waals surface area contributed by atoms with Gasteiger partial charge < -0.3 is 9.13 Å². The molecule has 2 aromatic heterocycles. The summed E-state index contributed by atoms with van der Waals surface area (Å²) in [5, 5.41) is 19.1. The van der Waals surface area contributed by atoms with Crippen molar-refractivity contribution >= 4 is 65.2 Å². The molecule has 0 aliphatic heterocycles. The van der Waals surface area contributed by atoms with Crippen LogP contribution in [0.5, 0.6) is 0 Å². The standard InChI is InChI=1S/C45H27N3/c46-28-29-20-21-30-22-23-31-24-25-33(27-40(31)39(30)26-29)47-42-18-7-5-13-38(42)44-35(14-9-19-43(44)47)37-16-8-15-36-34-12-4-6-17-41(34)48(45(36)37)32-10-2-1-3-11-32/h1-27H. The molecule has 0 atom stereocenters. The van der Waals surface area contributed by atoms with Crippen LogP contribution in [0.4, 0.5) is 0 Å². The Morgan fingerprint density at radius 2 is 1.00 bits per heavy atom. The van der Waals surface area contributed by atoms with Crippen LogP contribution in [0, 0.1) is 11.3 Å². The molecule has 0 N–H and O–H groups in total. The lowest BCUT2D eigenvalue weighted by molar-refractivity contribution is 1.18. The molecular formula is C45H27N3. The minimum atomic E-state index is 0.670. The average molecular weight is 610 g/mol. The molecule has 0 radical (unpaired) electrons. The highest BCUT2D eigenvalue weighted by Crippen LogP contribution is 2.43.